The quantitative estimate of drug-likeness (QED) is 0.844. The summed E-state index contributed by atoms with van der Waals surface area (Å²) in [6.45, 7) is 3.68. The summed E-state index contributed by atoms with van der Waals surface area (Å²) < 4.78 is 0. The summed E-state index contributed by atoms with van der Waals surface area (Å²) in [7, 11) is 1.85. The monoisotopic (exact) mass is 277 g/mol. The van der Waals surface area contributed by atoms with Gasteiger partial charge in [0, 0.05) is 32.6 Å². The van der Waals surface area contributed by atoms with Gasteiger partial charge in [-0.25, -0.2) is 9.97 Å². The first kappa shape index (κ1) is 14.6. The molecule has 0 bridgehead atoms. The van der Waals surface area contributed by atoms with Crippen LogP contribution in [0.3, 0.4) is 0 Å². The van der Waals surface area contributed by atoms with Crippen molar-refractivity contribution < 1.29 is 4.79 Å². The highest BCUT2D eigenvalue weighted by Gasteiger charge is 2.25. The van der Waals surface area contributed by atoms with Gasteiger partial charge in [0.05, 0.1) is 5.92 Å². The lowest BCUT2D eigenvalue weighted by atomic mass is 9.97. The number of anilines is 2. The van der Waals surface area contributed by atoms with E-state index in [4.69, 9.17) is 5.73 Å². The Morgan fingerprint density at radius 2 is 2.35 bits per heavy atom. The van der Waals surface area contributed by atoms with Gasteiger partial charge < -0.3 is 16.0 Å². The zero-order chi connectivity index (χ0) is 14.5. The second-order valence-corrected chi connectivity index (χ2v) is 5.22. The summed E-state index contributed by atoms with van der Waals surface area (Å²) >= 11 is 0. The molecule has 0 saturated carbocycles. The normalized spacial score (nSPS) is 18.9. The van der Waals surface area contributed by atoms with Crippen molar-refractivity contribution in [3.63, 3.8) is 0 Å². The number of hydrogen-bond donors (Lipinski definition) is 2. The Balaban J connectivity index is 2.21. The fourth-order valence-corrected chi connectivity index (χ4v) is 2.53. The molecule has 3 N–H and O–H groups in total. The molecule has 0 aliphatic carbocycles. The van der Waals surface area contributed by atoms with Crippen LogP contribution in [0.4, 0.5) is 11.6 Å². The molecule has 1 fully saturated rings. The molecule has 1 amide bonds. The fraction of sp³-hybridized carbons (Fsp3) is 0.643. The maximum Gasteiger partial charge on any atom is 0.222 e. The highest BCUT2D eigenvalue weighted by Crippen LogP contribution is 2.23. The Labute approximate surface area is 119 Å². The van der Waals surface area contributed by atoms with E-state index >= 15 is 0 Å². The predicted molar refractivity (Wildman–Crippen MR) is 79.7 cm³/mol. The Kier molecular flexibility index (Phi) is 4.76. The minimum atomic E-state index is -0.216. The van der Waals surface area contributed by atoms with Crippen LogP contribution in [0.25, 0.3) is 0 Å². The lowest BCUT2D eigenvalue weighted by Gasteiger charge is -2.32. The smallest absolute Gasteiger partial charge is 0.222 e. The Hall–Kier alpha value is -1.85. The summed E-state index contributed by atoms with van der Waals surface area (Å²) in [5, 5.41) is 3.07. The number of carbonyl (C=O) groups excluding carboxylic acids is 1. The third kappa shape index (κ3) is 3.37. The molecule has 1 aromatic heterocycles. The van der Waals surface area contributed by atoms with E-state index in [-0.39, 0.29) is 11.8 Å². The predicted octanol–water partition coefficient (Wildman–Crippen LogP) is 1.17. The number of rotatable bonds is 5. The molecular formula is C14H23N5O. The van der Waals surface area contributed by atoms with Crippen molar-refractivity contribution in [2.24, 2.45) is 11.7 Å². The summed E-state index contributed by atoms with van der Waals surface area (Å²) in [4.78, 5) is 22.6. The van der Waals surface area contributed by atoms with Gasteiger partial charge in [0.2, 0.25) is 5.91 Å². The van der Waals surface area contributed by atoms with Gasteiger partial charge in [-0.3, -0.25) is 4.79 Å². The van der Waals surface area contributed by atoms with Crippen molar-refractivity contribution in [3.8, 4) is 0 Å². The lowest BCUT2D eigenvalue weighted by molar-refractivity contribution is -0.122. The van der Waals surface area contributed by atoms with Crippen LogP contribution in [0.5, 0.6) is 0 Å². The molecule has 0 radical (unpaired) electrons. The first-order valence-corrected chi connectivity index (χ1v) is 7.24. The molecule has 1 aliphatic rings. The van der Waals surface area contributed by atoms with Gasteiger partial charge in [-0.1, -0.05) is 6.92 Å². The molecule has 1 unspecified atom stereocenters. The zero-order valence-electron chi connectivity index (χ0n) is 12.2. The van der Waals surface area contributed by atoms with E-state index in [0.717, 1.165) is 49.7 Å². The molecule has 1 saturated heterocycles. The number of aryl methyl sites for hydroxylation is 1. The number of primary amides is 1. The van der Waals surface area contributed by atoms with Gasteiger partial charge in [0.25, 0.3) is 0 Å². The third-order valence-corrected chi connectivity index (χ3v) is 3.64. The largest absolute Gasteiger partial charge is 0.373 e. The molecule has 2 rings (SSSR count). The van der Waals surface area contributed by atoms with Crippen molar-refractivity contribution >= 4 is 17.5 Å². The third-order valence-electron chi connectivity index (χ3n) is 3.64. The summed E-state index contributed by atoms with van der Waals surface area (Å²) in [6, 6.07) is 1.93. The van der Waals surface area contributed by atoms with Crippen LogP contribution in [0.2, 0.25) is 0 Å². The minimum absolute atomic E-state index is 0.0774. The fourth-order valence-electron chi connectivity index (χ4n) is 2.53. The van der Waals surface area contributed by atoms with Gasteiger partial charge in [0.1, 0.15) is 17.5 Å². The van der Waals surface area contributed by atoms with E-state index < -0.39 is 0 Å². The van der Waals surface area contributed by atoms with Crippen LogP contribution in [-0.2, 0) is 11.2 Å². The Bertz CT molecular complexity index is 477. The number of nitrogens with zero attached hydrogens (tertiary/aromatic N) is 3. The molecule has 20 heavy (non-hydrogen) atoms. The topological polar surface area (TPSA) is 84.1 Å². The Morgan fingerprint density at radius 3 is 3.00 bits per heavy atom. The maximum atomic E-state index is 11.4. The van der Waals surface area contributed by atoms with E-state index in [1.165, 1.54) is 0 Å². The molecule has 6 nitrogen and oxygen atoms in total. The van der Waals surface area contributed by atoms with E-state index in [1.54, 1.807) is 0 Å². The highest BCUT2D eigenvalue weighted by atomic mass is 16.1. The van der Waals surface area contributed by atoms with Gasteiger partial charge in [0.15, 0.2) is 0 Å². The van der Waals surface area contributed by atoms with Gasteiger partial charge in [-0.15, -0.1) is 0 Å². The summed E-state index contributed by atoms with van der Waals surface area (Å²) in [5.41, 5.74) is 5.43. The van der Waals surface area contributed by atoms with Crippen molar-refractivity contribution in [1.82, 2.24) is 9.97 Å². The van der Waals surface area contributed by atoms with E-state index in [1.807, 2.05) is 13.1 Å². The van der Waals surface area contributed by atoms with Gasteiger partial charge >= 0.3 is 0 Å². The highest BCUT2D eigenvalue weighted by molar-refractivity contribution is 5.77. The molecule has 2 heterocycles. The van der Waals surface area contributed by atoms with Crippen molar-refractivity contribution in [2.75, 3.05) is 30.4 Å². The molecule has 0 aromatic carbocycles. The summed E-state index contributed by atoms with van der Waals surface area (Å²) in [6.07, 6.45) is 3.71. The second-order valence-electron chi connectivity index (χ2n) is 5.22. The average molecular weight is 277 g/mol. The molecule has 1 aliphatic heterocycles. The first-order chi connectivity index (χ1) is 9.63. The van der Waals surface area contributed by atoms with E-state index in [9.17, 15) is 4.79 Å². The van der Waals surface area contributed by atoms with E-state index in [2.05, 4.69) is 27.1 Å². The molecule has 110 valence electrons. The van der Waals surface area contributed by atoms with E-state index in [0.29, 0.717) is 6.54 Å². The van der Waals surface area contributed by atoms with Gasteiger partial charge in [-0.05, 0) is 19.3 Å². The summed E-state index contributed by atoms with van der Waals surface area (Å²) in [5.74, 6) is 2.26. The van der Waals surface area contributed by atoms with Crippen LogP contribution in [0.15, 0.2) is 6.07 Å². The molecule has 1 aromatic rings. The van der Waals surface area contributed by atoms with Crippen LogP contribution < -0.4 is 16.0 Å². The second kappa shape index (κ2) is 6.54. The Morgan fingerprint density at radius 1 is 1.55 bits per heavy atom. The number of nitrogens with one attached hydrogen (secondary N) is 1. The van der Waals surface area contributed by atoms with Crippen LogP contribution >= 0.6 is 0 Å². The molecule has 6 heteroatoms. The lowest BCUT2D eigenvalue weighted by Crippen LogP contribution is -2.41. The first-order valence-electron chi connectivity index (χ1n) is 7.24. The van der Waals surface area contributed by atoms with Crippen LogP contribution in [-0.4, -0.2) is 36.0 Å². The van der Waals surface area contributed by atoms with Crippen molar-refractivity contribution in [3.05, 3.63) is 11.9 Å². The van der Waals surface area contributed by atoms with Crippen molar-refractivity contribution in [1.29, 1.82) is 0 Å². The SMILES string of the molecule is CCCc1nc(NC)cc(N2CCCC(C(N)=O)C2)n1. The standard InChI is InChI=1S/C14H23N5O/c1-3-5-11-17-12(16-2)8-13(18-11)19-7-4-6-10(9-19)14(15)20/h8,10H,3-7,9H2,1-2H3,(H2,15,20)(H,16,17,18). The molecular weight excluding hydrogens is 254 g/mol. The number of amides is 1. The minimum Gasteiger partial charge on any atom is -0.373 e. The van der Waals surface area contributed by atoms with Gasteiger partial charge in [-0.2, -0.15) is 0 Å². The average Bonchev–Trinajstić information content (AvgIpc) is 2.47. The molecule has 0 spiro atoms. The van der Waals surface area contributed by atoms with Crippen molar-refractivity contribution in [2.45, 2.75) is 32.6 Å². The molecule has 1 atom stereocenters. The number of nitrogens with two attached hydrogens (primary N) is 1. The number of piperidine rings is 1. The maximum absolute atomic E-state index is 11.4. The van der Waals surface area contributed by atoms with Crippen LogP contribution in [0.1, 0.15) is 32.0 Å². The zero-order valence-corrected chi connectivity index (χ0v) is 12.2. The van der Waals surface area contributed by atoms with Crippen LogP contribution in [0, 0.1) is 5.92 Å². The number of carbonyl (C=O) groups is 1. The number of aromatic nitrogens is 2. The number of hydrogen-bond acceptors (Lipinski definition) is 5.